The molecule has 0 saturated carbocycles. The third-order valence-electron chi connectivity index (χ3n) is 6.25. The molecule has 0 N–H and O–H groups in total. The lowest BCUT2D eigenvalue weighted by atomic mass is 10.1. The van der Waals surface area contributed by atoms with Crippen LogP contribution in [0.3, 0.4) is 0 Å². The number of halogens is 2. The van der Waals surface area contributed by atoms with Gasteiger partial charge >= 0.3 is 0 Å². The number of imidazole rings is 1. The summed E-state index contributed by atoms with van der Waals surface area (Å²) in [5.74, 6) is -0.329. The molecule has 0 radical (unpaired) electrons. The molecular weight excluding hydrogens is 491 g/mol. The van der Waals surface area contributed by atoms with Crippen molar-refractivity contribution in [2.45, 2.75) is 18.4 Å². The quantitative estimate of drug-likeness (QED) is 0.424. The van der Waals surface area contributed by atoms with E-state index in [1.807, 2.05) is 41.1 Å². The summed E-state index contributed by atoms with van der Waals surface area (Å²) in [7, 11) is 0. The molecule has 2 fully saturated rings. The number of piperazine rings is 1. The fraction of sp³-hybridized carbons (Fsp3) is 0.360. The Morgan fingerprint density at radius 3 is 2.60 bits per heavy atom. The van der Waals surface area contributed by atoms with Crippen LogP contribution in [-0.2, 0) is 26.6 Å². The molecule has 3 heterocycles. The summed E-state index contributed by atoms with van der Waals surface area (Å²) in [4.78, 5) is 19.1. The molecule has 1 aromatic heterocycles. The van der Waals surface area contributed by atoms with Crippen LogP contribution in [0.1, 0.15) is 5.56 Å². The summed E-state index contributed by atoms with van der Waals surface area (Å²) in [6, 6.07) is 13.3. The molecule has 2 aliphatic rings. The first-order valence-corrected chi connectivity index (χ1v) is 12.2. The Labute approximate surface area is 213 Å². The SMILES string of the molecule is O=CN1CCN(c2ccc(OCC3CO[C@](Cn4ccnc4)(c4ccc(Cl)cc4Cl)O3)cc2)CC1. The second-order valence-electron chi connectivity index (χ2n) is 8.60. The van der Waals surface area contributed by atoms with Crippen molar-refractivity contribution in [2.75, 3.05) is 44.3 Å². The zero-order chi connectivity index (χ0) is 24.3. The molecule has 2 aromatic carbocycles. The van der Waals surface area contributed by atoms with Crippen molar-refractivity contribution in [2.24, 2.45) is 0 Å². The van der Waals surface area contributed by atoms with Gasteiger partial charge in [-0.3, -0.25) is 4.79 Å². The fourth-order valence-electron chi connectivity index (χ4n) is 4.40. The molecule has 0 bridgehead atoms. The van der Waals surface area contributed by atoms with Gasteiger partial charge in [-0.05, 0) is 36.4 Å². The van der Waals surface area contributed by atoms with E-state index in [0.29, 0.717) is 35.4 Å². The number of anilines is 1. The van der Waals surface area contributed by atoms with Crippen LogP contribution in [0.4, 0.5) is 5.69 Å². The summed E-state index contributed by atoms with van der Waals surface area (Å²) >= 11 is 12.6. The number of aromatic nitrogens is 2. The Kier molecular flexibility index (Phi) is 7.15. The number of nitrogens with zero attached hydrogens (tertiary/aromatic N) is 4. The van der Waals surface area contributed by atoms with Crippen LogP contribution in [0.5, 0.6) is 5.75 Å². The van der Waals surface area contributed by atoms with Crippen LogP contribution in [0.25, 0.3) is 0 Å². The third-order valence-corrected chi connectivity index (χ3v) is 6.80. The highest BCUT2D eigenvalue weighted by Crippen LogP contribution is 2.40. The minimum absolute atomic E-state index is 0.290. The first-order chi connectivity index (χ1) is 17.0. The van der Waals surface area contributed by atoms with Crippen LogP contribution in [-0.4, -0.2) is 66.4 Å². The van der Waals surface area contributed by atoms with Crippen molar-refractivity contribution in [3.05, 3.63) is 76.8 Å². The smallest absolute Gasteiger partial charge is 0.215 e. The topological polar surface area (TPSA) is 69.1 Å². The van der Waals surface area contributed by atoms with Gasteiger partial charge in [-0.25, -0.2) is 4.98 Å². The molecule has 8 nitrogen and oxygen atoms in total. The standard InChI is InChI=1S/C25H26Cl2N4O4/c26-19-1-6-23(24(27)13-19)25(16-30-8-7-28-17-30)34-15-22(35-25)14-33-21-4-2-20(3-5-21)31-11-9-29(18-32)10-12-31/h1-8,13,17-18,22H,9-12,14-16H2/t22?,25-/m0/s1. The van der Waals surface area contributed by atoms with E-state index in [1.165, 1.54) is 0 Å². The monoisotopic (exact) mass is 516 g/mol. The summed E-state index contributed by atoms with van der Waals surface area (Å²) in [6.07, 6.45) is 5.89. The summed E-state index contributed by atoms with van der Waals surface area (Å²) in [5.41, 5.74) is 1.82. The lowest BCUT2D eigenvalue weighted by Crippen LogP contribution is -2.45. The fourth-order valence-corrected chi connectivity index (χ4v) is 4.96. The normalized spacial score (nSPS) is 22.4. The third kappa shape index (κ3) is 5.41. The summed E-state index contributed by atoms with van der Waals surface area (Å²) < 4.78 is 20.6. The lowest BCUT2D eigenvalue weighted by molar-refractivity contribution is -0.189. The molecule has 1 amide bonds. The van der Waals surface area contributed by atoms with Gasteiger partial charge in [0.05, 0.1) is 24.5 Å². The van der Waals surface area contributed by atoms with Gasteiger partial charge in [0.15, 0.2) is 0 Å². The molecule has 184 valence electrons. The maximum Gasteiger partial charge on any atom is 0.215 e. The van der Waals surface area contributed by atoms with E-state index in [9.17, 15) is 4.79 Å². The zero-order valence-corrected chi connectivity index (χ0v) is 20.6. The highest BCUT2D eigenvalue weighted by molar-refractivity contribution is 6.35. The van der Waals surface area contributed by atoms with Gasteiger partial charge in [-0.2, -0.15) is 0 Å². The van der Waals surface area contributed by atoms with Crippen LogP contribution in [0.2, 0.25) is 10.0 Å². The number of hydrogen-bond acceptors (Lipinski definition) is 6. The summed E-state index contributed by atoms with van der Waals surface area (Å²) in [6.45, 7) is 4.17. The van der Waals surface area contributed by atoms with E-state index in [2.05, 4.69) is 9.88 Å². The molecule has 2 saturated heterocycles. The van der Waals surface area contributed by atoms with E-state index in [0.717, 1.165) is 44.0 Å². The molecule has 3 aromatic rings. The van der Waals surface area contributed by atoms with Crippen molar-refractivity contribution in [3.63, 3.8) is 0 Å². The van der Waals surface area contributed by atoms with Crippen molar-refractivity contribution in [1.82, 2.24) is 14.5 Å². The second kappa shape index (κ2) is 10.5. The molecule has 2 aliphatic heterocycles. The van der Waals surface area contributed by atoms with E-state index >= 15 is 0 Å². The minimum atomic E-state index is -1.08. The molecule has 35 heavy (non-hydrogen) atoms. The van der Waals surface area contributed by atoms with E-state index < -0.39 is 5.79 Å². The average molecular weight is 517 g/mol. The van der Waals surface area contributed by atoms with Gasteiger partial charge < -0.3 is 28.6 Å². The highest BCUT2D eigenvalue weighted by Gasteiger charge is 2.45. The van der Waals surface area contributed by atoms with Crippen LogP contribution in [0.15, 0.2) is 61.2 Å². The maximum atomic E-state index is 10.9. The lowest BCUT2D eigenvalue weighted by Gasteiger charge is -2.34. The van der Waals surface area contributed by atoms with Crippen molar-refractivity contribution >= 4 is 35.3 Å². The molecule has 5 rings (SSSR count). The van der Waals surface area contributed by atoms with E-state index in [4.69, 9.17) is 37.4 Å². The van der Waals surface area contributed by atoms with Crippen molar-refractivity contribution in [3.8, 4) is 5.75 Å². The zero-order valence-electron chi connectivity index (χ0n) is 19.1. The number of carbonyl (C=O) groups is 1. The molecule has 1 unspecified atom stereocenters. The predicted molar refractivity (Wildman–Crippen MR) is 133 cm³/mol. The van der Waals surface area contributed by atoms with Crippen molar-refractivity contribution < 1.29 is 19.0 Å². The van der Waals surface area contributed by atoms with Crippen LogP contribution < -0.4 is 9.64 Å². The molecular formula is C25H26Cl2N4O4. The first kappa shape index (κ1) is 23.9. The van der Waals surface area contributed by atoms with Gasteiger partial charge in [0.1, 0.15) is 18.5 Å². The van der Waals surface area contributed by atoms with Gasteiger partial charge in [-0.15, -0.1) is 0 Å². The maximum absolute atomic E-state index is 10.9. The minimum Gasteiger partial charge on any atom is -0.491 e. The molecule has 0 spiro atoms. The second-order valence-corrected chi connectivity index (χ2v) is 9.44. The molecule has 2 atom stereocenters. The Bertz CT molecular complexity index is 1140. The van der Waals surface area contributed by atoms with E-state index in [1.54, 1.807) is 29.6 Å². The summed E-state index contributed by atoms with van der Waals surface area (Å²) in [5, 5.41) is 1.02. The number of ether oxygens (including phenoxy) is 3. The van der Waals surface area contributed by atoms with Gasteiger partial charge in [0.2, 0.25) is 12.2 Å². The number of carbonyl (C=O) groups excluding carboxylic acids is 1. The van der Waals surface area contributed by atoms with E-state index in [-0.39, 0.29) is 6.10 Å². The predicted octanol–water partition coefficient (Wildman–Crippen LogP) is 3.82. The van der Waals surface area contributed by atoms with Crippen LogP contribution >= 0.6 is 23.2 Å². The highest BCUT2D eigenvalue weighted by atomic mass is 35.5. The van der Waals surface area contributed by atoms with Gasteiger partial charge in [0, 0.05) is 54.8 Å². The van der Waals surface area contributed by atoms with Gasteiger partial charge in [-0.1, -0.05) is 29.3 Å². The molecule has 0 aliphatic carbocycles. The largest absolute Gasteiger partial charge is 0.491 e. The van der Waals surface area contributed by atoms with Crippen molar-refractivity contribution in [1.29, 1.82) is 0 Å². The van der Waals surface area contributed by atoms with Crippen LogP contribution in [0, 0.1) is 0 Å². The Morgan fingerprint density at radius 1 is 1.11 bits per heavy atom. The number of rotatable bonds is 8. The average Bonchev–Trinajstić information content (AvgIpc) is 3.54. The Morgan fingerprint density at radius 2 is 1.91 bits per heavy atom. The molecule has 10 heteroatoms. The number of amides is 1. The Hall–Kier alpha value is -2.78. The number of benzene rings is 2. The van der Waals surface area contributed by atoms with Gasteiger partial charge in [0.25, 0.3) is 0 Å². The Balaban J connectivity index is 1.23. The first-order valence-electron chi connectivity index (χ1n) is 11.4. The number of hydrogen-bond donors (Lipinski definition) is 0.